The van der Waals surface area contributed by atoms with Crippen molar-refractivity contribution >= 4 is 34.7 Å². The molecule has 0 unspecified atom stereocenters. The second kappa shape index (κ2) is 7.51. The van der Waals surface area contributed by atoms with Crippen molar-refractivity contribution in [1.82, 2.24) is 0 Å². The van der Waals surface area contributed by atoms with E-state index in [1.54, 1.807) is 18.2 Å². The Bertz CT molecular complexity index is 759. The van der Waals surface area contributed by atoms with Crippen molar-refractivity contribution in [2.75, 3.05) is 24.9 Å². The minimum absolute atomic E-state index is 0.0163. The molecule has 0 spiro atoms. The van der Waals surface area contributed by atoms with Crippen LogP contribution in [0.1, 0.15) is 0 Å². The Morgan fingerprint density at radius 2 is 1.75 bits per heavy atom. The lowest BCUT2D eigenvalue weighted by Crippen LogP contribution is -2.20. The third-order valence-electron chi connectivity index (χ3n) is 3.07. The first-order valence-electron chi connectivity index (χ1n) is 6.69. The highest BCUT2D eigenvalue weighted by Crippen LogP contribution is 2.34. The molecule has 0 aliphatic rings. The zero-order valence-electron chi connectivity index (χ0n) is 12.8. The first-order valence-corrected chi connectivity index (χ1v) is 7.07. The largest absolute Gasteiger partial charge is 0.494 e. The lowest BCUT2D eigenvalue weighted by atomic mass is 10.2. The Morgan fingerprint density at radius 1 is 1.12 bits per heavy atom. The SMILES string of the molecule is COc1cccc(OC)c1NC(=O)Nc1ccc(Cl)c([N+](=O)[O-])c1. The molecule has 0 saturated heterocycles. The molecular formula is C15H14ClN3O5. The number of hydrogen-bond acceptors (Lipinski definition) is 5. The minimum Gasteiger partial charge on any atom is -0.494 e. The van der Waals surface area contributed by atoms with Crippen molar-refractivity contribution in [2.24, 2.45) is 0 Å². The van der Waals surface area contributed by atoms with Crippen molar-refractivity contribution in [2.45, 2.75) is 0 Å². The predicted molar refractivity (Wildman–Crippen MR) is 90.3 cm³/mol. The lowest BCUT2D eigenvalue weighted by Gasteiger charge is -2.14. The molecule has 0 radical (unpaired) electrons. The minimum atomic E-state index is -0.630. The van der Waals surface area contributed by atoms with Gasteiger partial charge in [-0.3, -0.25) is 10.1 Å². The van der Waals surface area contributed by atoms with E-state index in [-0.39, 0.29) is 16.4 Å². The van der Waals surface area contributed by atoms with Crippen LogP contribution in [0.25, 0.3) is 0 Å². The third-order valence-corrected chi connectivity index (χ3v) is 3.39. The van der Waals surface area contributed by atoms with Crippen LogP contribution in [0.3, 0.4) is 0 Å². The third kappa shape index (κ3) is 3.85. The first-order chi connectivity index (χ1) is 11.5. The summed E-state index contributed by atoms with van der Waals surface area (Å²) in [5, 5.41) is 15.9. The number of carbonyl (C=O) groups is 1. The van der Waals surface area contributed by atoms with E-state index in [4.69, 9.17) is 21.1 Å². The van der Waals surface area contributed by atoms with Crippen LogP contribution >= 0.6 is 11.6 Å². The number of halogens is 1. The maximum absolute atomic E-state index is 12.1. The molecule has 0 aromatic heterocycles. The number of hydrogen-bond donors (Lipinski definition) is 2. The number of para-hydroxylation sites is 1. The van der Waals surface area contributed by atoms with E-state index in [0.29, 0.717) is 17.2 Å². The quantitative estimate of drug-likeness (QED) is 0.628. The Hall–Kier alpha value is -3.00. The molecule has 0 atom stereocenters. The van der Waals surface area contributed by atoms with E-state index < -0.39 is 11.0 Å². The molecule has 0 fully saturated rings. The van der Waals surface area contributed by atoms with Gasteiger partial charge in [0.15, 0.2) is 0 Å². The van der Waals surface area contributed by atoms with Crippen LogP contribution in [0.2, 0.25) is 5.02 Å². The van der Waals surface area contributed by atoms with Crippen molar-refractivity contribution < 1.29 is 19.2 Å². The number of nitro benzene ring substituents is 1. The Morgan fingerprint density at radius 3 is 2.29 bits per heavy atom. The maximum atomic E-state index is 12.1. The molecule has 2 aromatic rings. The topological polar surface area (TPSA) is 103 Å². The molecule has 0 aliphatic carbocycles. The average Bonchev–Trinajstić information content (AvgIpc) is 2.56. The Labute approximate surface area is 142 Å². The van der Waals surface area contributed by atoms with E-state index in [9.17, 15) is 14.9 Å². The van der Waals surface area contributed by atoms with E-state index in [1.807, 2.05) is 0 Å². The molecule has 24 heavy (non-hydrogen) atoms. The van der Waals surface area contributed by atoms with Gasteiger partial charge in [0.05, 0.1) is 19.1 Å². The number of anilines is 2. The number of urea groups is 1. The monoisotopic (exact) mass is 351 g/mol. The summed E-state index contributed by atoms with van der Waals surface area (Å²) >= 11 is 5.73. The van der Waals surface area contributed by atoms with Gasteiger partial charge in [-0.15, -0.1) is 0 Å². The summed E-state index contributed by atoms with van der Waals surface area (Å²) in [6, 6.07) is 8.36. The van der Waals surface area contributed by atoms with E-state index in [0.717, 1.165) is 0 Å². The molecule has 2 rings (SSSR count). The van der Waals surface area contributed by atoms with Crippen molar-refractivity contribution in [3.8, 4) is 11.5 Å². The van der Waals surface area contributed by atoms with Crippen molar-refractivity contribution in [3.05, 3.63) is 51.5 Å². The number of rotatable bonds is 5. The highest BCUT2D eigenvalue weighted by atomic mass is 35.5. The van der Waals surface area contributed by atoms with Gasteiger partial charge in [-0.05, 0) is 24.3 Å². The molecule has 2 N–H and O–H groups in total. The number of nitrogens with one attached hydrogen (secondary N) is 2. The van der Waals surface area contributed by atoms with Crippen LogP contribution in [-0.2, 0) is 0 Å². The van der Waals surface area contributed by atoms with E-state index in [2.05, 4.69) is 10.6 Å². The zero-order chi connectivity index (χ0) is 17.7. The molecule has 0 heterocycles. The summed E-state index contributed by atoms with van der Waals surface area (Å²) in [5.41, 5.74) is 0.255. The Balaban J connectivity index is 2.20. The molecule has 0 bridgehead atoms. The summed E-state index contributed by atoms with van der Waals surface area (Å²) in [6.45, 7) is 0. The molecule has 0 saturated carbocycles. The van der Waals surface area contributed by atoms with Gasteiger partial charge in [-0.25, -0.2) is 4.79 Å². The number of nitro groups is 1. The highest BCUT2D eigenvalue weighted by Gasteiger charge is 2.16. The van der Waals surface area contributed by atoms with E-state index >= 15 is 0 Å². The number of benzene rings is 2. The standard InChI is InChI=1S/C15H14ClN3O5/c1-23-12-4-3-5-13(24-2)14(12)18-15(20)17-9-6-7-10(16)11(8-9)19(21)22/h3-8H,1-2H3,(H2,17,18,20). The molecule has 8 nitrogen and oxygen atoms in total. The van der Waals surface area contributed by atoms with Gasteiger partial charge in [0.25, 0.3) is 5.69 Å². The number of carbonyl (C=O) groups excluding carboxylic acids is 1. The summed E-state index contributed by atoms with van der Waals surface area (Å²) in [7, 11) is 2.92. The Kier molecular flexibility index (Phi) is 5.43. The van der Waals surface area contributed by atoms with Gasteiger partial charge < -0.3 is 20.1 Å². The fourth-order valence-electron chi connectivity index (χ4n) is 1.98. The van der Waals surface area contributed by atoms with Crippen LogP contribution < -0.4 is 20.1 Å². The van der Waals surface area contributed by atoms with Gasteiger partial charge in [-0.2, -0.15) is 0 Å². The van der Waals surface area contributed by atoms with Crippen molar-refractivity contribution in [1.29, 1.82) is 0 Å². The summed E-state index contributed by atoms with van der Waals surface area (Å²) in [6.07, 6.45) is 0. The second-order valence-electron chi connectivity index (χ2n) is 4.54. The van der Waals surface area contributed by atoms with Gasteiger partial charge in [0.2, 0.25) is 0 Å². The van der Waals surface area contributed by atoms with Crippen LogP contribution in [-0.4, -0.2) is 25.2 Å². The van der Waals surface area contributed by atoms with Gasteiger partial charge >= 0.3 is 6.03 Å². The summed E-state index contributed by atoms with van der Waals surface area (Å²) < 4.78 is 10.4. The number of nitrogens with zero attached hydrogens (tertiary/aromatic N) is 1. The van der Waals surface area contributed by atoms with Crippen LogP contribution in [0, 0.1) is 10.1 Å². The molecule has 2 aromatic carbocycles. The first kappa shape index (κ1) is 17.4. The molecule has 2 amide bonds. The smallest absolute Gasteiger partial charge is 0.323 e. The highest BCUT2D eigenvalue weighted by molar-refractivity contribution is 6.32. The van der Waals surface area contributed by atoms with Gasteiger partial charge in [0, 0.05) is 11.8 Å². The van der Waals surface area contributed by atoms with Crippen LogP contribution in [0.15, 0.2) is 36.4 Å². The number of ether oxygens (including phenoxy) is 2. The zero-order valence-corrected chi connectivity index (χ0v) is 13.6. The maximum Gasteiger partial charge on any atom is 0.323 e. The molecule has 126 valence electrons. The second-order valence-corrected chi connectivity index (χ2v) is 4.95. The molecular weight excluding hydrogens is 338 g/mol. The van der Waals surface area contributed by atoms with Gasteiger partial charge in [0.1, 0.15) is 22.2 Å². The van der Waals surface area contributed by atoms with Crippen LogP contribution in [0.4, 0.5) is 21.9 Å². The average molecular weight is 352 g/mol. The van der Waals surface area contributed by atoms with Crippen LogP contribution in [0.5, 0.6) is 11.5 Å². The number of methoxy groups -OCH3 is 2. The predicted octanol–water partition coefficient (Wildman–Crippen LogP) is 3.91. The summed E-state index contributed by atoms with van der Waals surface area (Å²) in [4.78, 5) is 22.4. The molecule has 9 heteroatoms. The number of amides is 2. The summed E-state index contributed by atoms with van der Waals surface area (Å²) in [5.74, 6) is 0.818. The fraction of sp³-hybridized carbons (Fsp3) is 0.133. The van der Waals surface area contributed by atoms with Gasteiger partial charge in [-0.1, -0.05) is 17.7 Å². The van der Waals surface area contributed by atoms with E-state index in [1.165, 1.54) is 32.4 Å². The lowest BCUT2D eigenvalue weighted by molar-refractivity contribution is -0.384. The fourth-order valence-corrected chi connectivity index (χ4v) is 2.17. The normalized spacial score (nSPS) is 9.96. The van der Waals surface area contributed by atoms with Crippen molar-refractivity contribution in [3.63, 3.8) is 0 Å². The molecule has 0 aliphatic heterocycles.